The fourth-order valence-electron chi connectivity index (χ4n) is 2.56. The molecule has 3 aromatic rings. The first-order chi connectivity index (χ1) is 10.5. The van der Waals surface area contributed by atoms with Crippen molar-refractivity contribution in [3.8, 4) is 6.07 Å². The van der Waals surface area contributed by atoms with Crippen LogP contribution in [0.5, 0.6) is 0 Å². The van der Waals surface area contributed by atoms with Gasteiger partial charge in [0.1, 0.15) is 19.4 Å². The maximum atomic E-state index is 12.2. The molecule has 106 valence electrons. The molecule has 0 saturated heterocycles. The van der Waals surface area contributed by atoms with E-state index in [0.29, 0.717) is 6.54 Å². The number of nitrogens with zero attached hydrogens (tertiary/aromatic N) is 3. The molecule has 0 amide bonds. The first-order valence-corrected chi connectivity index (χ1v) is 6.59. The highest BCUT2D eigenvalue weighted by atomic mass is 16.2. The number of fused-ring (bicyclic) bond motifs is 1. The van der Waals surface area contributed by atoms with E-state index in [-0.39, 0.29) is 22.2 Å². The molecule has 0 unspecified atom stereocenters. The third kappa shape index (κ3) is 1.97. The number of H-pyrrole nitrogens is 1. The Morgan fingerprint density at radius 2 is 1.91 bits per heavy atom. The van der Waals surface area contributed by atoms with Gasteiger partial charge >= 0.3 is 5.69 Å². The average Bonchev–Trinajstić information content (AvgIpc) is 2.79. The van der Waals surface area contributed by atoms with Crippen LogP contribution >= 0.6 is 0 Å². The van der Waals surface area contributed by atoms with E-state index in [4.69, 9.17) is 7.85 Å². The molecule has 0 aliphatic rings. The molecular weight excluding hydrogens is 279 g/mol. The number of hydrogen-bond donors (Lipinski definition) is 1. The van der Waals surface area contributed by atoms with Crippen LogP contribution in [0.15, 0.2) is 39.9 Å². The minimum absolute atomic E-state index is 0.136. The summed E-state index contributed by atoms with van der Waals surface area (Å²) in [6.07, 6.45) is 0. The highest BCUT2D eigenvalue weighted by molar-refractivity contribution is 6.34. The molecule has 3 rings (SSSR count). The molecule has 2 radical (unpaired) electrons. The highest BCUT2D eigenvalue weighted by Crippen LogP contribution is 2.15. The second-order valence-corrected chi connectivity index (χ2v) is 4.96. The van der Waals surface area contributed by atoms with E-state index in [0.717, 1.165) is 5.56 Å². The van der Waals surface area contributed by atoms with Crippen molar-refractivity contribution in [3.05, 3.63) is 62.3 Å². The first kappa shape index (κ1) is 14.0. The Hall–Kier alpha value is -3.01. The van der Waals surface area contributed by atoms with Gasteiger partial charge in [0.05, 0.1) is 11.1 Å². The van der Waals surface area contributed by atoms with Gasteiger partial charge in [-0.1, -0.05) is 30.3 Å². The Morgan fingerprint density at radius 3 is 2.55 bits per heavy atom. The van der Waals surface area contributed by atoms with Gasteiger partial charge in [0.15, 0.2) is 0 Å². The lowest BCUT2D eigenvalue weighted by Gasteiger charge is -2.08. The van der Waals surface area contributed by atoms with Gasteiger partial charge in [-0.2, -0.15) is 5.26 Å². The SMILES string of the molecule is [B]c1c(C#N)c2c(c(=O)[nH]c(=O)n2C)n1Cc1ccccc1. The van der Waals surface area contributed by atoms with Crippen molar-refractivity contribution in [3.63, 3.8) is 0 Å². The number of aromatic amines is 1. The Kier molecular flexibility index (Phi) is 3.22. The topological polar surface area (TPSA) is 83.6 Å². The van der Waals surface area contributed by atoms with Gasteiger partial charge in [-0.15, -0.1) is 0 Å². The molecule has 0 saturated carbocycles. The lowest BCUT2D eigenvalue weighted by atomic mass is 9.99. The largest absolute Gasteiger partial charge is 0.343 e. The molecule has 7 heteroatoms. The molecule has 22 heavy (non-hydrogen) atoms. The zero-order chi connectivity index (χ0) is 15.9. The second kappa shape index (κ2) is 5.08. The van der Waals surface area contributed by atoms with Crippen LogP contribution in [0.2, 0.25) is 0 Å². The van der Waals surface area contributed by atoms with Crippen LogP contribution in [0.4, 0.5) is 0 Å². The molecule has 2 heterocycles. The van der Waals surface area contributed by atoms with Crippen LogP contribution in [0.1, 0.15) is 11.1 Å². The van der Waals surface area contributed by atoms with Crippen LogP contribution in [-0.2, 0) is 13.6 Å². The molecule has 2 aromatic heterocycles. The maximum absolute atomic E-state index is 12.2. The molecule has 0 aliphatic heterocycles. The van der Waals surface area contributed by atoms with Gasteiger partial charge in [0, 0.05) is 13.6 Å². The van der Waals surface area contributed by atoms with Crippen molar-refractivity contribution < 1.29 is 0 Å². The number of aromatic nitrogens is 3. The number of hydrogen-bond acceptors (Lipinski definition) is 3. The van der Waals surface area contributed by atoms with Crippen LogP contribution < -0.4 is 16.8 Å². The predicted octanol–water partition coefficient (Wildman–Crippen LogP) is -0.258. The molecule has 1 N–H and O–H groups in total. The second-order valence-electron chi connectivity index (χ2n) is 4.96. The summed E-state index contributed by atoms with van der Waals surface area (Å²) in [6, 6.07) is 11.4. The summed E-state index contributed by atoms with van der Waals surface area (Å²) >= 11 is 0. The Balaban J connectivity index is 2.39. The lowest BCUT2D eigenvalue weighted by Crippen LogP contribution is -2.29. The summed E-state index contributed by atoms with van der Waals surface area (Å²) in [5, 5.41) is 9.33. The van der Waals surface area contributed by atoms with Crippen molar-refractivity contribution in [2.24, 2.45) is 7.05 Å². The van der Waals surface area contributed by atoms with Gasteiger partial charge < -0.3 is 4.57 Å². The number of aryl methyl sites for hydroxylation is 1. The number of benzene rings is 1. The van der Waals surface area contributed by atoms with E-state index in [1.165, 1.54) is 11.6 Å². The van der Waals surface area contributed by atoms with Gasteiger partial charge in [0.2, 0.25) is 0 Å². The molecule has 0 spiro atoms. The van der Waals surface area contributed by atoms with Gasteiger partial charge in [-0.25, -0.2) is 4.79 Å². The summed E-state index contributed by atoms with van der Waals surface area (Å²) in [5.41, 5.74) is 0.589. The Labute approximate surface area is 126 Å². The molecule has 6 nitrogen and oxygen atoms in total. The van der Waals surface area contributed by atoms with Crippen molar-refractivity contribution >= 4 is 24.5 Å². The average molecular weight is 290 g/mol. The molecule has 0 bridgehead atoms. The first-order valence-electron chi connectivity index (χ1n) is 6.59. The van der Waals surface area contributed by atoms with Crippen molar-refractivity contribution in [2.75, 3.05) is 0 Å². The monoisotopic (exact) mass is 290 g/mol. The predicted molar refractivity (Wildman–Crippen MR) is 83.4 cm³/mol. The number of nitriles is 1. The van der Waals surface area contributed by atoms with Gasteiger partial charge in [-0.3, -0.25) is 14.3 Å². The van der Waals surface area contributed by atoms with E-state index >= 15 is 0 Å². The quantitative estimate of drug-likeness (QED) is 0.660. The fourth-order valence-corrected chi connectivity index (χ4v) is 2.56. The zero-order valence-electron chi connectivity index (χ0n) is 11.8. The van der Waals surface area contributed by atoms with Gasteiger partial charge in [-0.05, 0) is 11.2 Å². The lowest BCUT2D eigenvalue weighted by molar-refractivity contribution is 0.816. The van der Waals surface area contributed by atoms with E-state index < -0.39 is 11.2 Å². The summed E-state index contributed by atoms with van der Waals surface area (Å²) in [7, 11) is 7.53. The van der Waals surface area contributed by atoms with Gasteiger partial charge in [0.25, 0.3) is 5.56 Å². The van der Waals surface area contributed by atoms with Crippen LogP contribution in [0.25, 0.3) is 11.0 Å². The van der Waals surface area contributed by atoms with Crippen molar-refractivity contribution in [2.45, 2.75) is 6.54 Å². The van der Waals surface area contributed by atoms with E-state index in [1.54, 1.807) is 4.57 Å². The minimum Gasteiger partial charge on any atom is -0.343 e. The van der Waals surface area contributed by atoms with Crippen LogP contribution in [-0.4, -0.2) is 22.0 Å². The molecule has 1 aromatic carbocycles. The van der Waals surface area contributed by atoms with Crippen molar-refractivity contribution in [1.82, 2.24) is 14.1 Å². The fraction of sp³-hybridized carbons (Fsp3) is 0.133. The summed E-state index contributed by atoms with van der Waals surface area (Å²) in [4.78, 5) is 26.2. The summed E-state index contributed by atoms with van der Waals surface area (Å²) < 4.78 is 2.79. The summed E-state index contributed by atoms with van der Waals surface area (Å²) in [5.74, 6) is 0. The third-order valence-corrected chi connectivity index (χ3v) is 3.65. The third-order valence-electron chi connectivity index (χ3n) is 3.65. The summed E-state index contributed by atoms with van der Waals surface area (Å²) in [6.45, 7) is 0.339. The zero-order valence-corrected chi connectivity index (χ0v) is 11.8. The van der Waals surface area contributed by atoms with E-state index in [2.05, 4.69) is 4.98 Å². The van der Waals surface area contributed by atoms with Crippen LogP contribution in [0, 0.1) is 11.3 Å². The molecule has 0 aliphatic carbocycles. The normalized spacial score (nSPS) is 10.7. The van der Waals surface area contributed by atoms with E-state index in [9.17, 15) is 14.9 Å². The molecular formula is C15H11BN4O2. The Morgan fingerprint density at radius 1 is 1.23 bits per heavy atom. The van der Waals surface area contributed by atoms with E-state index in [1.807, 2.05) is 36.4 Å². The standard InChI is InChI=1S/C15H11BN4O2/c1-19-11-10(7-17)13(16)20(8-9-5-3-2-4-6-9)12(11)14(21)18-15(19)22/h2-6H,8H2,1H3,(H,18,21,22). The minimum atomic E-state index is -0.578. The van der Waals surface area contributed by atoms with Crippen LogP contribution in [0.3, 0.4) is 0 Å². The smallest absolute Gasteiger partial charge is 0.328 e. The number of rotatable bonds is 2. The maximum Gasteiger partial charge on any atom is 0.328 e. The van der Waals surface area contributed by atoms with Crippen molar-refractivity contribution in [1.29, 1.82) is 5.26 Å². The number of nitrogens with one attached hydrogen (secondary N) is 1. The molecule has 0 atom stereocenters. The Bertz CT molecular complexity index is 1020. The highest BCUT2D eigenvalue weighted by Gasteiger charge is 2.19. The molecule has 0 fully saturated rings.